The molecule has 0 saturated carbocycles. The molecule has 0 aliphatic carbocycles. The zero-order valence-electron chi connectivity index (χ0n) is 6.50. The molecule has 10 heavy (non-hydrogen) atoms. The smallest absolute Gasteiger partial charge is 0.327 e. The van der Waals surface area contributed by atoms with Gasteiger partial charge in [-0.05, 0) is 18.8 Å². The normalized spacial score (nSPS) is 11.1. The molecule has 0 rings (SSSR count). The average molecular weight is 142 g/mol. The number of hydrogen-bond donors (Lipinski definition) is 1. The van der Waals surface area contributed by atoms with Crippen LogP contribution >= 0.6 is 0 Å². The molecule has 0 aromatic carbocycles. The van der Waals surface area contributed by atoms with Crippen molar-refractivity contribution in [1.82, 2.24) is 0 Å². The highest BCUT2D eigenvalue weighted by atomic mass is 16.4. The maximum atomic E-state index is 9.96. The topological polar surface area (TPSA) is 37.3 Å². The van der Waals surface area contributed by atoms with Crippen molar-refractivity contribution in [3.05, 3.63) is 12.2 Å². The van der Waals surface area contributed by atoms with Gasteiger partial charge in [-0.2, -0.15) is 0 Å². The fourth-order valence-corrected chi connectivity index (χ4v) is 0.614. The number of carbonyl (C=O) groups is 1. The van der Waals surface area contributed by atoms with Crippen molar-refractivity contribution < 1.29 is 9.90 Å². The van der Waals surface area contributed by atoms with Gasteiger partial charge in [0.05, 0.1) is 0 Å². The van der Waals surface area contributed by atoms with Crippen LogP contribution in [0.1, 0.15) is 26.7 Å². The first kappa shape index (κ1) is 9.21. The lowest BCUT2D eigenvalue weighted by Gasteiger charge is -1.97. The predicted octanol–water partition coefficient (Wildman–Crippen LogP) is 2.06. The van der Waals surface area contributed by atoms with Crippen LogP contribution in [0, 0.1) is 5.92 Å². The number of carboxylic acid groups (broad SMARTS) is 1. The van der Waals surface area contributed by atoms with Crippen molar-refractivity contribution in [2.45, 2.75) is 26.7 Å². The maximum absolute atomic E-state index is 9.96. The minimum atomic E-state index is -0.858. The molecule has 0 aliphatic rings. The summed E-state index contributed by atoms with van der Waals surface area (Å²) in [6.45, 7) is 4.24. The first-order chi connectivity index (χ1) is 4.63. The monoisotopic (exact) mass is 142 g/mol. The molecule has 0 amide bonds. The molecule has 2 nitrogen and oxygen atoms in total. The standard InChI is InChI=1S/C8H14O2/c1-7(2)5-3-4-6-8(9)10/h4,6-7H,3,5H2,1-2H3,(H,9,10)/b6-4-. The lowest BCUT2D eigenvalue weighted by atomic mass is 10.1. The number of allylic oxidation sites excluding steroid dienone is 1. The summed E-state index contributed by atoms with van der Waals surface area (Å²) < 4.78 is 0. The van der Waals surface area contributed by atoms with Crippen molar-refractivity contribution in [2.75, 3.05) is 0 Å². The lowest BCUT2D eigenvalue weighted by molar-refractivity contribution is -0.131. The third-order valence-electron chi connectivity index (χ3n) is 1.17. The first-order valence-corrected chi connectivity index (χ1v) is 3.52. The summed E-state index contributed by atoms with van der Waals surface area (Å²) in [6, 6.07) is 0. The molecule has 0 spiro atoms. The number of carboxylic acids is 1. The van der Waals surface area contributed by atoms with Crippen molar-refractivity contribution >= 4 is 5.97 Å². The molecule has 0 atom stereocenters. The lowest BCUT2D eigenvalue weighted by Crippen LogP contribution is -1.87. The summed E-state index contributed by atoms with van der Waals surface area (Å²) in [6.07, 6.45) is 4.82. The van der Waals surface area contributed by atoms with Gasteiger partial charge in [0.2, 0.25) is 0 Å². The van der Waals surface area contributed by atoms with E-state index in [1.807, 2.05) is 0 Å². The van der Waals surface area contributed by atoms with Crippen molar-refractivity contribution in [1.29, 1.82) is 0 Å². The molecule has 0 bridgehead atoms. The molecule has 0 aliphatic heterocycles. The van der Waals surface area contributed by atoms with E-state index in [2.05, 4.69) is 13.8 Å². The fraction of sp³-hybridized carbons (Fsp3) is 0.625. The van der Waals surface area contributed by atoms with E-state index in [0.29, 0.717) is 5.92 Å². The van der Waals surface area contributed by atoms with E-state index < -0.39 is 5.97 Å². The van der Waals surface area contributed by atoms with Crippen LogP contribution in [0.3, 0.4) is 0 Å². The van der Waals surface area contributed by atoms with Gasteiger partial charge in [-0.3, -0.25) is 0 Å². The molecule has 0 saturated heterocycles. The maximum Gasteiger partial charge on any atom is 0.327 e. The highest BCUT2D eigenvalue weighted by molar-refractivity contribution is 5.79. The largest absolute Gasteiger partial charge is 0.478 e. The van der Waals surface area contributed by atoms with E-state index in [1.54, 1.807) is 6.08 Å². The molecular weight excluding hydrogens is 128 g/mol. The van der Waals surface area contributed by atoms with Crippen LogP contribution in [0.5, 0.6) is 0 Å². The fourth-order valence-electron chi connectivity index (χ4n) is 0.614. The van der Waals surface area contributed by atoms with Gasteiger partial charge in [0, 0.05) is 6.08 Å². The second-order valence-corrected chi connectivity index (χ2v) is 2.71. The highest BCUT2D eigenvalue weighted by Crippen LogP contribution is 2.03. The van der Waals surface area contributed by atoms with Gasteiger partial charge in [0.25, 0.3) is 0 Å². The van der Waals surface area contributed by atoms with Crippen LogP contribution in [-0.4, -0.2) is 11.1 Å². The van der Waals surface area contributed by atoms with E-state index >= 15 is 0 Å². The Bertz CT molecular complexity index is 125. The van der Waals surface area contributed by atoms with Gasteiger partial charge in [0.15, 0.2) is 0 Å². The van der Waals surface area contributed by atoms with Crippen molar-refractivity contribution in [3.63, 3.8) is 0 Å². The van der Waals surface area contributed by atoms with Crippen LogP contribution < -0.4 is 0 Å². The van der Waals surface area contributed by atoms with Crippen LogP contribution in [0.15, 0.2) is 12.2 Å². The molecule has 0 fully saturated rings. The highest BCUT2D eigenvalue weighted by Gasteiger charge is 1.90. The Labute approximate surface area is 61.6 Å². The van der Waals surface area contributed by atoms with Gasteiger partial charge >= 0.3 is 5.97 Å². The second-order valence-electron chi connectivity index (χ2n) is 2.71. The third-order valence-corrected chi connectivity index (χ3v) is 1.17. The summed E-state index contributed by atoms with van der Waals surface area (Å²) >= 11 is 0. The van der Waals surface area contributed by atoms with Crippen LogP contribution in [0.25, 0.3) is 0 Å². The van der Waals surface area contributed by atoms with Gasteiger partial charge in [-0.25, -0.2) is 4.79 Å². The van der Waals surface area contributed by atoms with Crippen LogP contribution in [0.2, 0.25) is 0 Å². The second kappa shape index (κ2) is 5.03. The van der Waals surface area contributed by atoms with Crippen LogP contribution in [0.4, 0.5) is 0 Å². The Kier molecular flexibility index (Phi) is 4.63. The van der Waals surface area contributed by atoms with Crippen LogP contribution in [-0.2, 0) is 4.79 Å². The SMILES string of the molecule is CC(C)CC/C=C\C(=O)O. The molecule has 0 aromatic heterocycles. The minimum absolute atomic E-state index is 0.651. The predicted molar refractivity (Wildman–Crippen MR) is 40.8 cm³/mol. The average Bonchev–Trinajstić information content (AvgIpc) is 1.79. The Morgan fingerprint density at radius 3 is 2.60 bits per heavy atom. The van der Waals surface area contributed by atoms with E-state index in [9.17, 15) is 4.79 Å². The van der Waals surface area contributed by atoms with Crippen molar-refractivity contribution in [2.24, 2.45) is 5.92 Å². The third kappa shape index (κ3) is 7.21. The molecule has 1 N–H and O–H groups in total. The molecule has 0 radical (unpaired) electrons. The number of rotatable bonds is 4. The Hall–Kier alpha value is -0.790. The number of aliphatic carboxylic acids is 1. The Morgan fingerprint density at radius 1 is 1.60 bits per heavy atom. The Balaban J connectivity index is 3.27. The molecule has 2 heteroatoms. The molecule has 0 aromatic rings. The summed E-state index contributed by atoms with van der Waals surface area (Å²) in [5.41, 5.74) is 0. The summed E-state index contributed by atoms with van der Waals surface area (Å²) in [5.74, 6) is -0.206. The van der Waals surface area contributed by atoms with Gasteiger partial charge in [-0.1, -0.05) is 19.9 Å². The zero-order chi connectivity index (χ0) is 7.98. The Morgan fingerprint density at radius 2 is 2.20 bits per heavy atom. The van der Waals surface area contributed by atoms with E-state index in [0.717, 1.165) is 12.8 Å². The quantitative estimate of drug-likeness (QED) is 0.610. The summed E-state index contributed by atoms with van der Waals surface area (Å²) in [4.78, 5) is 9.96. The zero-order valence-corrected chi connectivity index (χ0v) is 6.50. The summed E-state index contributed by atoms with van der Waals surface area (Å²) in [5, 5.41) is 8.19. The van der Waals surface area contributed by atoms with Crippen molar-refractivity contribution in [3.8, 4) is 0 Å². The first-order valence-electron chi connectivity index (χ1n) is 3.52. The molecule has 0 unspecified atom stereocenters. The van der Waals surface area contributed by atoms with E-state index in [1.165, 1.54) is 6.08 Å². The van der Waals surface area contributed by atoms with Gasteiger partial charge in [0.1, 0.15) is 0 Å². The van der Waals surface area contributed by atoms with Gasteiger partial charge in [-0.15, -0.1) is 0 Å². The van der Waals surface area contributed by atoms with E-state index in [4.69, 9.17) is 5.11 Å². The van der Waals surface area contributed by atoms with Gasteiger partial charge < -0.3 is 5.11 Å². The molecular formula is C8H14O2. The molecule has 0 heterocycles. The molecule has 58 valence electrons. The summed E-state index contributed by atoms with van der Waals surface area (Å²) in [7, 11) is 0. The van der Waals surface area contributed by atoms with E-state index in [-0.39, 0.29) is 0 Å². The minimum Gasteiger partial charge on any atom is -0.478 e. The number of hydrogen-bond acceptors (Lipinski definition) is 1.